The van der Waals surface area contributed by atoms with Crippen LogP contribution in [0.25, 0.3) is 0 Å². The zero-order valence-corrected chi connectivity index (χ0v) is 13.3. The second-order valence-corrected chi connectivity index (χ2v) is 6.90. The summed E-state index contributed by atoms with van der Waals surface area (Å²) in [5.74, 6) is 3.79. The molecular formula is C16H27N3O2. The van der Waals surface area contributed by atoms with Crippen LogP contribution in [0, 0.1) is 11.8 Å². The lowest BCUT2D eigenvalue weighted by atomic mass is 9.77. The number of nitrogens with zero attached hydrogens (tertiary/aromatic N) is 2. The highest BCUT2D eigenvalue weighted by Gasteiger charge is 2.32. The molecule has 0 spiro atoms. The second-order valence-electron chi connectivity index (χ2n) is 6.90. The van der Waals surface area contributed by atoms with E-state index in [4.69, 9.17) is 9.26 Å². The number of rotatable bonds is 4. The van der Waals surface area contributed by atoms with Crippen LogP contribution in [0.3, 0.4) is 0 Å². The molecular weight excluding hydrogens is 266 g/mol. The second kappa shape index (κ2) is 6.44. The molecule has 0 bridgehead atoms. The Balaban J connectivity index is 1.58. The summed E-state index contributed by atoms with van der Waals surface area (Å²) < 4.78 is 10.9. The molecule has 1 aromatic rings. The summed E-state index contributed by atoms with van der Waals surface area (Å²) in [6, 6.07) is 0.156. The van der Waals surface area contributed by atoms with E-state index in [1.165, 1.54) is 25.7 Å². The minimum absolute atomic E-state index is 0.156. The molecule has 2 aliphatic rings. The van der Waals surface area contributed by atoms with Crippen molar-refractivity contribution in [1.29, 1.82) is 0 Å². The van der Waals surface area contributed by atoms with Gasteiger partial charge in [-0.3, -0.25) is 0 Å². The molecule has 3 rings (SSSR count). The molecule has 1 aromatic heterocycles. The lowest BCUT2D eigenvalue weighted by molar-refractivity contribution is 0.116. The van der Waals surface area contributed by atoms with Gasteiger partial charge in [0.15, 0.2) is 5.82 Å². The van der Waals surface area contributed by atoms with Gasteiger partial charge in [-0.15, -0.1) is 0 Å². The highest BCUT2D eigenvalue weighted by atomic mass is 16.5. The van der Waals surface area contributed by atoms with E-state index in [1.54, 1.807) is 7.11 Å². The van der Waals surface area contributed by atoms with Gasteiger partial charge in [0.05, 0.1) is 12.1 Å². The topological polar surface area (TPSA) is 60.2 Å². The lowest BCUT2D eigenvalue weighted by Crippen LogP contribution is -2.18. The van der Waals surface area contributed by atoms with Crippen molar-refractivity contribution in [1.82, 2.24) is 15.5 Å². The molecule has 2 heterocycles. The van der Waals surface area contributed by atoms with Crippen molar-refractivity contribution in [2.75, 3.05) is 13.7 Å². The average molecular weight is 293 g/mol. The van der Waals surface area contributed by atoms with E-state index < -0.39 is 0 Å². The van der Waals surface area contributed by atoms with E-state index in [-0.39, 0.29) is 12.1 Å². The maximum Gasteiger partial charge on any atom is 0.243 e. The maximum absolute atomic E-state index is 5.49. The predicted molar refractivity (Wildman–Crippen MR) is 80.0 cm³/mol. The monoisotopic (exact) mass is 293 g/mol. The molecule has 21 heavy (non-hydrogen) atoms. The van der Waals surface area contributed by atoms with Crippen LogP contribution >= 0.6 is 0 Å². The van der Waals surface area contributed by atoms with Crippen LogP contribution < -0.4 is 5.32 Å². The van der Waals surface area contributed by atoms with E-state index in [9.17, 15) is 0 Å². The van der Waals surface area contributed by atoms with Crippen molar-refractivity contribution >= 4 is 0 Å². The largest absolute Gasteiger partial charge is 0.380 e. The number of aromatic nitrogens is 2. The minimum Gasteiger partial charge on any atom is -0.380 e. The Morgan fingerprint density at radius 1 is 1.24 bits per heavy atom. The average Bonchev–Trinajstić information content (AvgIpc) is 3.16. The first kappa shape index (κ1) is 15.0. The van der Waals surface area contributed by atoms with Gasteiger partial charge in [-0.25, -0.2) is 0 Å². The molecule has 2 fully saturated rings. The first-order valence-corrected chi connectivity index (χ1v) is 8.27. The number of ether oxygens (including phenoxy) is 1. The Kier molecular flexibility index (Phi) is 4.60. The fraction of sp³-hybridized carbons (Fsp3) is 0.875. The highest BCUT2D eigenvalue weighted by molar-refractivity contribution is 5.02. The molecule has 0 radical (unpaired) electrons. The Labute approximate surface area is 126 Å². The molecule has 1 saturated carbocycles. The zero-order valence-electron chi connectivity index (χ0n) is 13.3. The van der Waals surface area contributed by atoms with Crippen LogP contribution in [0.5, 0.6) is 0 Å². The van der Waals surface area contributed by atoms with E-state index in [0.29, 0.717) is 5.92 Å². The summed E-state index contributed by atoms with van der Waals surface area (Å²) in [6.45, 7) is 5.52. The molecule has 118 valence electrons. The molecule has 1 aliphatic heterocycles. The van der Waals surface area contributed by atoms with Gasteiger partial charge in [-0.2, -0.15) is 4.98 Å². The fourth-order valence-electron chi connectivity index (χ4n) is 3.67. The van der Waals surface area contributed by atoms with Gasteiger partial charge in [0.25, 0.3) is 0 Å². The minimum atomic E-state index is 0.156. The van der Waals surface area contributed by atoms with E-state index in [0.717, 1.165) is 36.5 Å². The summed E-state index contributed by atoms with van der Waals surface area (Å²) >= 11 is 0. The van der Waals surface area contributed by atoms with Crippen LogP contribution in [-0.4, -0.2) is 29.9 Å². The van der Waals surface area contributed by atoms with Crippen LogP contribution in [0.1, 0.15) is 69.6 Å². The Morgan fingerprint density at radius 3 is 2.62 bits per heavy atom. The van der Waals surface area contributed by atoms with Gasteiger partial charge in [0, 0.05) is 19.6 Å². The summed E-state index contributed by atoms with van der Waals surface area (Å²) in [7, 11) is 1.75. The van der Waals surface area contributed by atoms with E-state index in [2.05, 4.69) is 29.3 Å². The van der Waals surface area contributed by atoms with Crippen molar-refractivity contribution in [3.05, 3.63) is 11.7 Å². The first-order chi connectivity index (χ1) is 10.2. The predicted octanol–water partition coefficient (Wildman–Crippen LogP) is 3.05. The zero-order chi connectivity index (χ0) is 14.8. The molecule has 1 aliphatic carbocycles. The van der Waals surface area contributed by atoms with Crippen molar-refractivity contribution in [3.63, 3.8) is 0 Å². The Bertz CT molecular complexity index is 452. The summed E-state index contributed by atoms with van der Waals surface area (Å²) in [5, 5.41) is 7.63. The Hall–Kier alpha value is -0.940. The normalized spacial score (nSPS) is 33.7. The first-order valence-electron chi connectivity index (χ1n) is 8.27. The lowest BCUT2D eigenvalue weighted by Gasteiger charge is -2.29. The van der Waals surface area contributed by atoms with Crippen molar-refractivity contribution in [2.24, 2.45) is 11.8 Å². The van der Waals surface area contributed by atoms with Gasteiger partial charge < -0.3 is 14.6 Å². The molecule has 5 nitrogen and oxygen atoms in total. The van der Waals surface area contributed by atoms with E-state index >= 15 is 0 Å². The number of nitrogens with one attached hydrogen (secondary N) is 1. The molecule has 2 atom stereocenters. The molecule has 0 unspecified atom stereocenters. The number of methoxy groups -OCH3 is 1. The van der Waals surface area contributed by atoms with Gasteiger partial charge in [-0.1, -0.05) is 19.0 Å². The number of hydrogen-bond donors (Lipinski definition) is 1. The smallest absolute Gasteiger partial charge is 0.243 e. The van der Waals surface area contributed by atoms with Gasteiger partial charge in [-0.05, 0) is 43.9 Å². The summed E-state index contributed by atoms with van der Waals surface area (Å²) in [5.41, 5.74) is 0. The SMILES string of the molecule is CO[C@@H]1CN[C@@H](c2nc(C3CCC(C(C)C)CC3)no2)C1. The van der Waals surface area contributed by atoms with Crippen LogP contribution in [0.15, 0.2) is 4.52 Å². The van der Waals surface area contributed by atoms with Crippen LogP contribution in [0.4, 0.5) is 0 Å². The van der Waals surface area contributed by atoms with Crippen LogP contribution in [0.2, 0.25) is 0 Å². The number of hydrogen-bond acceptors (Lipinski definition) is 5. The summed E-state index contributed by atoms with van der Waals surface area (Å²) in [6.07, 6.45) is 6.14. The van der Waals surface area contributed by atoms with Gasteiger partial charge in [0.1, 0.15) is 0 Å². The highest BCUT2D eigenvalue weighted by Crippen LogP contribution is 2.38. The third kappa shape index (κ3) is 3.29. The molecule has 1 saturated heterocycles. The maximum atomic E-state index is 5.49. The van der Waals surface area contributed by atoms with Crippen molar-refractivity contribution < 1.29 is 9.26 Å². The van der Waals surface area contributed by atoms with Crippen molar-refractivity contribution in [2.45, 2.75) is 64.0 Å². The summed E-state index contributed by atoms with van der Waals surface area (Å²) in [4.78, 5) is 4.66. The quantitative estimate of drug-likeness (QED) is 0.924. The van der Waals surface area contributed by atoms with E-state index in [1.807, 2.05) is 0 Å². The standard InChI is InChI=1S/C16H27N3O2/c1-10(2)11-4-6-12(7-5-11)15-18-16(21-19-15)14-8-13(20-3)9-17-14/h10-14,17H,4-9H2,1-3H3/t11?,12?,13-,14+/m0/s1. The third-order valence-corrected chi connectivity index (χ3v) is 5.26. The molecule has 0 aromatic carbocycles. The molecule has 5 heteroatoms. The fourth-order valence-corrected chi connectivity index (χ4v) is 3.67. The van der Waals surface area contributed by atoms with Gasteiger partial charge in [0.2, 0.25) is 5.89 Å². The van der Waals surface area contributed by atoms with Crippen LogP contribution in [-0.2, 0) is 4.74 Å². The Morgan fingerprint density at radius 2 is 2.00 bits per heavy atom. The third-order valence-electron chi connectivity index (χ3n) is 5.26. The van der Waals surface area contributed by atoms with Gasteiger partial charge >= 0.3 is 0 Å². The molecule has 0 amide bonds. The van der Waals surface area contributed by atoms with Crippen molar-refractivity contribution in [3.8, 4) is 0 Å². The molecule has 1 N–H and O–H groups in total.